The molecule has 0 aromatic heterocycles. The lowest BCUT2D eigenvalue weighted by atomic mass is 9.97. The number of hydrogen-bond acceptors (Lipinski definition) is 2. The average Bonchev–Trinajstić information content (AvgIpc) is 2.42. The van der Waals surface area contributed by atoms with Crippen molar-refractivity contribution in [3.8, 4) is 0 Å². The predicted octanol–water partition coefficient (Wildman–Crippen LogP) is 3.78. The molecule has 1 unspecified atom stereocenters. The molecule has 0 saturated heterocycles. The molecule has 0 radical (unpaired) electrons. The molecule has 2 nitrogen and oxygen atoms in total. The van der Waals surface area contributed by atoms with E-state index in [-0.39, 0.29) is 17.7 Å². The van der Waals surface area contributed by atoms with Crippen molar-refractivity contribution in [1.29, 1.82) is 0 Å². The average molecular weight is 341 g/mol. The summed E-state index contributed by atoms with van der Waals surface area (Å²) in [7, 11) is 0. The van der Waals surface area contributed by atoms with Gasteiger partial charge >= 0.3 is 0 Å². The van der Waals surface area contributed by atoms with Gasteiger partial charge in [0.15, 0.2) is 0 Å². The molecule has 0 fully saturated rings. The Morgan fingerprint density at radius 3 is 2.65 bits per heavy atom. The first-order valence-corrected chi connectivity index (χ1v) is 6.97. The van der Waals surface area contributed by atoms with Gasteiger partial charge in [-0.15, -0.1) is 0 Å². The van der Waals surface area contributed by atoms with Gasteiger partial charge < -0.3 is 0 Å². The maximum absolute atomic E-state index is 14.1. The van der Waals surface area contributed by atoms with Gasteiger partial charge in [0.25, 0.3) is 0 Å². The van der Waals surface area contributed by atoms with Crippen molar-refractivity contribution in [1.82, 2.24) is 5.43 Å². The number of nitrogens with one attached hydrogen (secondary N) is 1. The van der Waals surface area contributed by atoms with Crippen molar-refractivity contribution in [3.05, 3.63) is 69.2 Å². The Balaban J connectivity index is 2.31. The van der Waals surface area contributed by atoms with Crippen molar-refractivity contribution in [2.75, 3.05) is 0 Å². The van der Waals surface area contributed by atoms with Gasteiger partial charge in [-0.2, -0.15) is 0 Å². The van der Waals surface area contributed by atoms with Crippen molar-refractivity contribution >= 4 is 15.9 Å². The van der Waals surface area contributed by atoms with Gasteiger partial charge in [-0.05, 0) is 36.6 Å². The van der Waals surface area contributed by atoms with Crippen molar-refractivity contribution in [3.63, 3.8) is 0 Å². The van der Waals surface area contributed by atoms with E-state index in [0.29, 0.717) is 22.0 Å². The van der Waals surface area contributed by atoms with E-state index in [1.807, 2.05) is 0 Å². The zero-order valence-corrected chi connectivity index (χ0v) is 12.5. The maximum atomic E-state index is 14.1. The fourth-order valence-corrected chi connectivity index (χ4v) is 2.62. The van der Waals surface area contributed by atoms with E-state index in [1.165, 1.54) is 12.1 Å². The standard InChI is InChI=1S/C15H15BrF2N2/c1-9-3-2-4-12(15(9)18)14(20-19)7-10-5-6-11(17)8-13(10)16/h2-6,8,14,20H,7,19H2,1H3. The number of halogens is 3. The lowest BCUT2D eigenvalue weighted by Gasteiger charge is -2.18. The van der Waals surface area contributed by atoms with Gasteiger partial charge in [-0.1, -0.05) is 40.2 Å². The normalized spacial score (nSPS) is 12.4. The summed E-state index contributed by atoms with van der Waals surface area (Å²) in [5.74, 6) is 4.96. The van der Waals surface area contributed by atoms with Gasteiger partial charge in [0.2, 0.25) is 0 Å². The Morgan fingerprint density at radius 2 is 2.00 bits per heavy atom. The quantitative estimate of drug-likeness (QED) is 0.656. The number of aryl methyl sites for hydroxylation is 1. The van der Waals surface area contributed by atoms with Gasteiger partial charge in [0, 0.05) is 10.0 Å². The van der Waals surface area contributed by atoms with Crippen LogP contribution in [-0.2, 0) is 6.42 Å². The smallest absolute Gasteiger partial charge is 0.130 e. The molecule has 106 valence electrons. The van der Waals surface area contributed by atoms with Crippen LogP contribution in [-0.4, -0.2) is 0 Å². The number of rotatable bonds is 4. The summed E-state index contributed by atoms with van der Waals surface area (Å²) in [6.07, 6.45) is 0.456. The molecule has 5 heteroatoms. The SMILES string of the molecule is Cc1cccc(C(Cc2ccc(F)cc2Br)NN)c1F. The molecule has 20 heavy (non-hydrogen) atoms. The van der Waals surface area contributed by atoms with Crippen LogP contribution in [0.15, 0.2) is 40.9 Å². The second-order valence-corrected chi connectivity index (χ2v) is 5.49. The summed E-state index contributed by atoms with van der Waals surface area (Å²) in [6.45, 7) is 1.71. The fourth-order valence-electron chi connectivity index (χ4n) is 2.11. The minimum atomic E-state index is -0.378. The summed E-state index contributed by atoms with van der Waals surface area (Å²) in [4.78, 5) is 0. The van der Waals surface area contributed by atoms with Gasteiger partial charge in [-0.3, -0.25) is 11.3 Å². The zero-order valence-electron chi connectivity index (χ0n) is 11.0. The number of nitrogens with two attached hydrogens (primary N) is 1. The van der Waals surface area contributed by atoms with Crippen LogP contribution in [0.1, 0.15) is 22.7 Å². The first kappa shape index (κ1) is 15.1. The van der Waals surface area contributed by atoms with E-state index in [4.69, 9.17) is 5.84 Å². The van der Waals surface area contributed by atoms with Crippen LogP contribution >= 0.6 is 15.9 Å². The van der Waals surface area contributed by atoms with Crippen LogP contribution in [0.4, 0.5) is 8.78 Å². The minimum absolute atomic E-state index is 0.270. The summed E-state index contributed by atoms with van der Waals surface area (Å²) >= 11 is 3.31. The molecule has 0 aliphatic carbocycles. The molecule has 0 amide bonds. The predicted molar refractivity (Wildman–Crippen MR) is 79.0 cm³/mol. The third kappa shape index (κ3) is 3.23. The highest BCUT2D eigenvalue weighted by molar-refractivity contribution is 9.10. The van der Waals surface area contributed by atoms with Crippen molar-refractivity contribution < 1.29 is 8.78 Å². The lowest BCUT2D eigenvalue weighted by Crippen LogP contribution is -2.30. The van der Waals surface area contributed by atoms with E-state index in [9.17, 15) is 8.78 Å². The summed E-state index contributed by atoms with van der Waals surface area (Å²) in [6, 6.07) is 9.24. The molecule has 2 aromatic carbocycles. The Hall–Kier alpha value is -1.30. The van der Waals surface area contributed by atoms with Crippen molar-refractivity contribution in [2.45, 2.75) is 19.4 Å². The Morgan fingerprint density at radius 1 is 1.25 bits per heavy atom. The molecule has 0 heterocycles. The highest BCUT2D eigenvalue weighted by atomic mass is 79.9. The van der Waals surface area contributed by atoms with Gasteiger partial charge in [0.1, 0.15) is 11.6 Å². The van der Waals surface area contributed by atoms with Crippen LogP contribution in [0.2, 0.25) is 0 Å². The molecule has 0 saturated carbocycles. The largest absolute Gasteiger partial charge is 0.271 e. The molecule has 0 aliphatic rings. The monoisotopic (exact) mass is 340 g/mol. The highest BCUT2D eigenvalue weighted by Gasteiger charge is 2.17. The molecule has 0 bridgehead atoms. The molecule has 3 N–H and O–H groups in total. The van der Waals surface area contributed by atoms with E-state index < -0.39 is 0 Å². The molecular formula is C15H15BrF2N2. The Bertz CT molecular complexity index is 617. The van der Waals surface area contributed by atoms with Gasteiger partial charge in [0.05, 0.1) is 6.04 Å². The molecule has 2 aromatic rings. The third-order valence-corrected chi connectivity index (χ3v) is 3.98. The molecule has 0 spiro atoms. The summed E-state index contributed by atoms with van der Waals surface area (Å²) < 4.78 is 27.9. The topological polar surface area (TPSA) is 38.0 Å². The Labute approximate surface area is 125 Å². The first-order chi connectivity index (χ1) is 9.52. The Kier molecular flexibility index (Phi) is 4.86. The van der Waals surface area contributed by atoms with E-state index in [0.717, 1.165) is 5.56 Å². The van der Waals surface area contributed by atoms with E-state index >= 15 is 0 Å². The third-order valence-electron chi connectivity index (χ3n) is 3.24. The van der Waals surface area contributed by atoms with Crippen LogP contribution < -0.4 is 11.3 Å². The van der Waals surface area contributed by atoms with Crippen LogP contribution in [0, 0.1) is 18.6 Å². The molecular weight excluding hydrogens is 326 g/mol. The van der Waals surface area contributed by atoms with Crippen LogP contribution in [0.3, 0.4) is 0 Å². The second-order valence-electron chi connectivity index (χ2n) is 4.64. The number of hydrazine groups is 1. The molecule has 1 atom stereocenters. The minimum Gasteiger partial charge on any atom is -0.271 e. The van der Waals surface area contributed by atoms with Crippen LogP contribution in [0.5, 0.6) is 0 Å². The molecule has 0 aliphatic heterocycles. The highest BCUT2D eigenvalue weighted by Crippen LogP contribution is 2.26. The second kappa shape index (κ2) is 6.43. The van der Waals surface area contributed by atoms with Gasteiger partial charge in [-0.25, -0.2) is 8.78 Å². The lowest BCUT2D eigenvalue weighted by molar-refractivity contribution is 0.506. The molecule has 2 rings (SSSR count). The van der Waals surface area contributed by atoms with Crippen molar-refractivity contribution in [2.24, 2.45) is 5.84 Å². The van der Waals surface area contributed by atoms with E-state index in [2.05, 4.69) is 21.4 Å². The van der Waals surface area contributed by atoms with E-state index in [1.54, 1.807) is 31.2 Å². The first-order valence-electron chi connectivity index (χ1n) is 6.18. The fraction of sp³-hybridized carbons (Fsp3) is 0.200. The maximum Gasteiger partial charge on any atom is 0.130 e. The number of benzene rings is 2. The zero-order chi connectivity index (χ0) is 14.7. The summed E-state index contributed by atoms with van der Waals surface area (Å²) in [5.41, 5.74) is 4.55. The van der Waals surface area contributed by atoms with Crippen LogP contribution in [0.25, 0.3) is 0 Å². The number of hydrogen-bond donors (Lipinski definition) is 2. The summed E-state index contributed by atoms with van der Waals surface area (Å²) in [5, 5.41) is 0.